The van der Waals surface area contributed by atoms with E-state index in [4.69, 9.17) is 9.47 Å². The molecule has 0 aliphatic heterocycles. The summed E-state index contributed by atoms with van der Waals surface area (Å²) in [6.45, 7) is 0.412. The third kappa shape index (κ3) is 4.80. The SMILES string of the molecule is COc1ccc(-c2cc3c(SCC(=O)NCc4ccccc4OC)nccn3n2)cc1. The first-order chi connectivity index (χ1) is 15.2. The van der Waals surface area contributed by atoms with Gasteiger partial charge in [0.2, 0.25) is 5.91 Å². The zero-order valence-corrected chi connectivity index (χ0v) is 18.1. The van der Waals surface area contributed by atoms with Crippen LogP contribution in [0.1, 0.15) is 5.56 Å². The van der Waals surface area contributed by atoms with Crippen molar-refractivity contribution in [2.75, 3.05) is 20.0 Å². The number of para-hydroxylation sites is 1. The maximum Gasteiger partial charge on any atom is 0.230 e. The molecule has 8 heteroatoms. The van der Waals surface area contributed by atoms with Gasteiger partial charge >= 0.3 is 0 Å². The molecule has 1 amide bonds. The standard InChI is InChI=1S/C23H22N4O3S/c1-29-18-9-7-16(8-10-18)19-13-20-23(24-11-12-27(20)26-19)31-15-22(28)25-14-17-5-3-4-6-21(17)30-2/h3-13H,14-15H2,1-2H3,(H,25,28). The summed E-state index contributed by atoms with van der Waals surface area (Å²) in [5.74, 6) is 1.73. The van der Waals surface area contributed by atoms with Gasteiger partial charge in [0.05, 0.1) is 31.2 Å². The fourth-order valence-electron chi connectivity index (χ4n) is 3.14. The van der Waals surface area contributed by atoms with Crippen LogP contribution in [0.3, 0.4) is 0 Å². The molecule has 0 aliphatic carbocycles. The Balaban J connectivity index is 1.43. The average Bonchev–Trinajstić information content (AvgIpc) is 3.26. The van der Waals surface area contributed by atoms with Gasteiger partial charge in [0.15, 0.2) is 0 Å². The van der Waals surface area contributed by atoms with E-state index in [0.717, 1.165) is 38.9 Å². The van der Waals surface area contributed by atoms with Gasteiger partial charge < -0.3 is 14.8 Å². The lowest BCUT2D eigenvalue weighted by Crippen LogP contribution is -2.24. The van der Waals surface area contributed by atoms with Crippen LogP contribution in [0.25, 0.3) is 16.8 Å². The first-order valence-corrected chi connectivity index (χ1v) is 10.7. The molecule has 0 spiro atoms. The second-order valence-corrected chi connectivity index (χ2v) is 7.66. The summed E-state index contributed by atoms with van der Waals surface area (Å²) in [5, 5.41) is 8.31. The summed E-state index contributed by atoms with van der Waals surface area (Å²) in [6, 6.07) is 17.3. The number of carbonyl (C=O) groups is 1. The molecular formula is C23H22N4O3S. The maximum absolute atomic E-state index is 12.4. The minimum Gasteiger partial charge on any atom is -0.497 e. The summed E-state index contributed by atoms with van der Waals surface area (Å²) in [6.07, 6.45) is 3.49. The van der Waals surface area contributed by atoms with Crippen LogP contribution >= 0.6 is 11.8 Å². The monoisotopic (exact) mass is 434 g/mol. The molecule has 0 saturated carbocycles. The van der Waals surface area contributed by atoms with Gasteiger partial charge in [0.1, 0.15) is 16.5 Å². The Morgan fingerprint density at radius 1 is 1.10 bits per heavy atom. The first-order valence-electron chi connectivity index (χ1n) is 9.68. The number of fused-ring (bicyclic) bond motifs is 1. The van der Waals surface area contributed by atoms with Crippen molar-refractivity contribution in [2.45, 2.75) is 11.6 Å². The van der Waals surface area contributed by atoms with E-state index in [2.05, 4.69) is 15.4 Å². The van der Waals surface area contributed by atoms with Crippen molar-refractivity contribution in [3.8, 4) is 22.8 Å². The highest BCUT2D eigenvalue weighted by Crippen LogP contribution is 2.27. The van der Waals surface area contributed by atoms with E-state index < -0.39 is 0 Å². The van der Waals surface area contributed by atoms with E-state index in [0.29, 0.717) is 6.54 Å². The zero-order valence-electron chi connectivity index (χ0n) is 17.2. The van der Waals surface area contributed by atoms with Crippen LogP contribution < -0.4 is 14.8 Å². The molecule has 4 rings (SSSR count). The summed E-state index contributed by atoms with van der Waals surface area (Å²) in [4.78, 5) is 16.8. The molecule has 0 fully saturated rings. The maximum atomic E-state index is 12.4. The summed E-state index contributed by atoms with van der Waals surface area (Å²) in [7, 11) is 3.26. The van der Waals surface area contributed by atoms with Crippen LogP contribution in [0.2, 0.25) is 0 Å². The Hall–Kier alpha value is -3.52. The van der Waals surface area contributed by atoms with Crippen LogP contribution in [0.15, 0.2) is 72.0 Å². The van der Waals surface area contributed by atoms with Crippen LogP contribution in [-0.4, -0.2) is 40.5 Å². The molecule has 4 aromatic rings. The Morgan fingerprint density at radius 2 is 1.90 bits per heavy atom. The Labute approximate surface area is 184 Å². The van der Waals surface area contributed by atoms with Crippen LogP contribution in [0.4, 0.5) is 0 Å². The molecule has 0 bridgehead atoms. The number of amides is 1. The molecule has 0 unspecified atom stereocenters. The molecule has 158 valence electrons. The lowest BCUT2D eigenvalue weighted by molar-refractivity contribution is -0.118. The fraction of sp³-hybridized carbons (Fsp3) is 0.174. The van der Waals surface area contributed by atoms with Crippen LogP contribution in [0.5, 0.6) is 11.5 Å². The molecule has 31 heavy (non-hydrogen) atoms. The number of hydrogen-bond acceptors (Lipinski definition) is 6. The second-order valence-electron chi connectivity index (χ2n) is 6.70. The predicted molar refractivity (Wildman–Crippen MR) is 121 cm³/mol. The quantitative estimate of drug-likeness (QED) is 0.425. The highest BCUT2D eigenvalue weighted by atomic mass is 32.2. The van der Waals surface area contributed by atoms with E-state index in [-0.39, 0.29) is 11.7 Å². The minimum absolute atomic E-state index is 0.0744. The summed E-state index contributed by atoms with van der Waals surface area (Å²) >= 11 is 1.38. The molecular weight excluding hydrogens is 412 g/mol. The van der Waals surface area contributed by atoms with Gasteiger partial charge in [-0.05, 0) is 36.4 Å². The molecule has 2 aromatic carbocycles. The van der Waals surface area contributed by atoms with Gasteiger partial charge in [-0.25, -0.2) is 9.50 Å². The normalized spacial score (nSPS) is 10.8. The minimum atomic E-state index is -0.0744. The van der Waals surface area contributed by atoms with Gasteiger partial charge in [0.25, 0.3) is 0 Å². The molecule has 0 radical (unpaired) electrons. The second kappa shape index (κ2) is 9.53. The molecule has 0 saturated heterocycles. The number of ether oxygens (including phenoxy) is 2. The molecule has 0 aliphatic rings. The van der Waals surface area contributed by atoms with Gasteiger partial charge in [0, 0.05) is 30.1 Å². The van der Waals surface area contributed by atoms with E-state index in [1.165, 1.54) is 11.8 Å². The van der Waals surface area contributed by atoms with Crippen molar-refractivity contribution in [3.05, 3.63) is 72.6 Å². The zero-order chi connectivity index (χ0) is 21.6. The number of nitrogens with one attached hydrogen (secondary N) is 1. The number of benzene rings is 2. The lowest BCUT2D eigenvalue weighted by atomic mass is 10.1. The summed E-state index contributed by atoms with van der Waals surface area (Å²) in [5.41, 5.74) is 3.60. The molecule has 2 heterocycles. The third-order valence-corrected chi connectivity index (χ3v) is 5.74. The fourth-order valence-corrected chi connectivity index (χ4v) is 3.95. The van der Waals surface area contributed by atoms with E-state index in [9.17, 15) is 4.79 Å². The van der Waals surface area contributed by atoms with Crippen LogP contribution in [0, 0.1) is 0 Å². The largest absolute Gasteiger partial charge is 0.497 e. The third-order valence-electron chi connectivity index (χ3n) is 4.75. The summed E-state index contributed by atoms with van der Waals surface area (Å²) < 4.78 is 12.3. The number of rotatable bonds is 8. The lowest BCUT2D eigenvalue weighted by Gasteiger charge is -2.09. The molecule has 0 atom stereocenters. The average molecular weight is 435 g/mol. The van der Waals surface area contributed by atoms with Crippen molar-refractivity contribution in [1.29, 1.82) is 0 Å². The van der Waals surface area contributed by atoms with E-state index >= 15 is 0 Å². The number of hydrogen-bond donors (Lipinski definition) is 1. The number of thioether (sulfide) groups is 1. The van der Waals surface area contributed by atoms with Crippen molar-refractivity contribution < 1.29 is 14.3 Å². The number of methoxy groups -OCH3 is 2. The predicted octanol–water partition coefficient (Wildman–Crippen LogP) is 3.82. The highest BCUT2D eigenvalue weighted by molar-refractivity contribution is 8.00. The Kier molecular flexibility index (Phi) is 6.37. The van der Waals surface area contributed by atoms with Crippen LogP contribution in [-0.2, 0) is 11.3 Å². The van der Waals surface area contributed by atoms with Gasteiger partial charge in [-0.2, -0.15) is 5.10 Å². The first kappa shape index (κ1) is 20.7. The van der Waals surface area contributed by atoms with Crippen molar-refractivity contribution in [2.24, 2.45) is 0 Å². The molecule has 7 nitrogen and oxygen atoms in total. The molecule has 1 N–H and O–H groups in total. The molecule has 2 aromatic heterocycles. The van der Waals surface area contributed by atoms with Gasteiger partial charge in [-0.1, -0.05) is 30.0 Å². The van der Waals surface area contributed by atoms with Crippen molar-refractivity contribution >= 4 is 23.2 Å². The highest BCUT2D eigenvalue weighted by Gasteiger charge is 2.12. The number of aromatic nitrogens is 3. The van der Waals surface area contributed by atoms with Crippen molar-refractivity contribution in [3.63, 3.8) is 0 Å². The van der Waals surface area contributed by atoms with Crippen molar-refractivity contribution in [1.82, 2.24) is 19.9 Å². The smallest absolute Gasteiger partial charge is 0.230 e. The Bertz CT molecular complexity index is 1190. The van der Waals surface area contributed by atoms with Gasteiger partial charge in [-0.3, -0.25) is 4.79 Å². The van der Waals surface area contributed by atoms with E-state index in [1.54, 1.807) is 31.1 Å². The topological polar surface area (TPSA) is 77.8 Å². The number of nitrogens with zero attached hydrogens (tertiary/aromatic N) is 3. The van der Waals surface area contributed by atoms with Gasteiger partial charge in [-0.15, -0.1) is 0 Å². The van der Waals surface area contributed by atoms with E-state index in [1.807, 2.05) is 54.6 Å². The Morgan fingerprint density at radius 3 is 2.68 bits per heavy atom. The number of carbonyl (C=O) groups excluding carboxylic acids is 1.